The van der Waals surface area contributed by atoms with Gasteiger partial charge in [-0.3, -0.25) is 10.0 Å². The smallest absolute Gasteiger partial charge is 0.245 e. The first kappa shape index (κ1) is 22.1. The molecule has 0 saturated heterocycles. The molecule has 3 aromatic rings. The molecule has 1 amide bonds. The van der Waals surface area contributed by atoms with Crippen LogP contribution in [0, 0.1) is 0 Å². The molecular weight excluding hydrogens is 426 g/mol. The fraction of sp³-hybridized carbons (Fsp3) is 0.227. The minimum Gasteiger partial charge on any atom is -0.460 e. The zero-order valence-electron chi connectivity index (χ0n) is 16.6. The molecular formula is C22H22ClNO5S. The van der Waals surface area contributed by atoms with E-state index in [0.717, 1.165) is 17.4 Å². The first-order valence-corrected chi connectivity index (χ1v) is 11.6. The standard InChI is InChI=1S/C22H22ClNO5S/c1-24(26)21(25)9-5-6-17-14-19(15-10-12-16(23)13-11-15)22(29-17)18-7-3-4-8-20(18)30(2,27)28/h3-4,7-8,10-14,26H,5-6,9H2,1-2H3. The average Bonchev–Trinajstić information content (AvgIpc) is 3.11. The minimum atomic E-state index is -3.47. The van der Waals surface area contributed by atoms with Gasteiger partial charge in [-0.15, -0.1) is 0 Å². The van der Waals surface area contributed by atoms with E-state index in [9.17, 15) is 18.4 Å². The van der Waals surface area contributed by atoms with Crippen LogP contribution in [0.5, 0.6) is 0 Å². The van der Waals surface area contributed by atoms with Crippen molar-refractivity contribution in [3.05, 3.63) is 65.4 Å². The zero-order valence-corrected chi connectivity index (χ0v) is 18.2. The van der Waals surface area contributed by atoms with Crippen LogP contribution in [0.1, 0.15) is 18.6 Å². The van der Waals surface area contributed by atoms with E-state index in [1.165, 1.54) is 7.05 Å². The summed E-state index contributed by atoms with van der Waals surface area (Å²) in [6.07, 6.45) is 2.26. The normalized spacial score (nSPS) is 11.5. The Kier molecular flexibility index (Phi) is 6.65. The molecule has 0 fully saturated rings. The molecule has 0 spiro atoms. The van der Waals surface area contributed by atoms with Gasteiger partial charge in [-0.25, -0.2) is 13.5 Å². The predicted octanol–water partition coefficient (Wildman–Crippen LogP) is 4.84. The lowest BCUT2D eigenvalue weighted by molar-refractivity contribution is -0.159. The van der Waals surface area contributed by atoms with Gasteiger partial charge in [0.25, 0.3) is 0 Å². The first-order valence-electron chi connectivity index (χ1n) is 9.30. The number of amides is 1. The van der Waals surface area contributed by atoms with E-state index >= 15 is 0 Å². The van der Waals surface area contributed by atoms with Crippen LogP contribution in [-0.4, -0.2) is 37.9 Å². The molecule has 0 aliphatic carbocycles. The van der Waals surface area contributed by atoms with Crippen LogP contribution >= 0.6 is 11.6 Å². The van der Waals surface area contributed by atoms with Crippen molar-refractivity contribution in [3.63, 3.8) is 0 Å². The molecule has 0 bridgehead atoms. The van der Waals surface area contributed by atoms with E-state index in [0.29, 0.717) is 40.0 Å². The highest BCUT2D eigenvalue weighted by molar-refractivity contribution is 7.90. The molecule has 2 aromatic carbocycles. The van der Waals surface area contributed by atoms with Gasteiger partial charge < -0.3 is 4.42 Å². The lowest BCUT2D eigenvalue weighted by Crippen LogP contribution is -2.22. The summed E-state index contributed by atoms with van der Waals surface area (Å²) in [5, 5.41) is 10.3. The molecule has 1 aromatic heterocycles. The molecule has 1 heterocycles. The number of halogens is 1. The number of hydrogen-bond donors (Lipinski definition) is 1. The van der Waals surface area contributed by atoms with Gasteiger partial charge in [0.2, 0.25) is 5.91 Å². The van der Waals surface area contributed by atoms with E-state index in [4.69, 9.17) is 16.0 Å². The summed E-state index contributed by atoms with van der Waals surface area (Å²) in [7, 11) is -2.19. The second kappa shape index (κ2) is 9.04. The van der Waals surface area contributed by atoms with Gasteiger partial charge in [0.15, 0.2) is 9.84 Å². The Morgan fingerprint density at radius 1 is 1.10 bits per heavy atom. The number of benzene rings is 2. The first-order chi connectivity index (χ1) is 14.2. The molecule has 30 heavy (non-hydrogen) atoms. The minimum absolute atomic E-state index is 0.166. The van der Waals surface area contributed by atoms with Gasteiger partial charge >= 0.3 is 0 Å². The Bertz CT molecular complexity index is 1150. The molecule has 1 N–H and O–H groups in total. The average molecular weight is 448 g/mol. The van der Waals surface area contributed by atoms with Crippen molar-refractivity contribution >= 4 is 27.3 Å². The van der Waals surface area contributed by atoms with E-state index in [-0.39, 0.29) is 17.2 Å². The van der Waals surface area contributed by atoms with Crippen LogP contribution in [-0.2, 0) is 21.1 Å². The maximum Gasteiger partial charge on any atom is 0.245 e. The molecule has 8 heteroatoms. The van der Waals surface area contributed by atoms with E-state index in [1.807, 2.05) is 18.2 Å². The summed E-state index contributed by atoms with van der Waals surface area (Å²) in [5.41, 5.74) is 2.05. The monoisotopic (exact) mass is 447 g/mol. The molecule has 0 atom stereocenters. The number of nitrogens with zero attached hydrogens (tertiary/aromatic N) is 1. The highest BCUT2D eigenvalue weighted by atomic mass is 35.5. The summed E-state index contributed by atoms with van der Waals surface area (Å²) in [4.78, 5) is 11.8. The van der Waals surface area contributed by atoms with E-state index in [2.05, 4.69) is 0 Å². The molecule has 158 valence electrons. The van der Waals surface area contributed by atoms with Crippen LogP contribution in [0.25, 0.3) is 22.5 Å². The zero-order chi connectivity index (χ0) is 21.9. The Morgan fingerprint density at radius 2 is 1.77 bits per heavy atom. The lowest BCUT2D eigenvalue weighted by atomic mass is 10.0. The Morgan fingerprint density at radius 3 is 2.40 bits per heavy atom. The van der Waals surface area contributed by atoms with Gasteiger partial charge in [-0.05, 0) is 42.3 Å². The summed E-state index contributed by atoms with van der Waals surface area (Å²) < 4.78 is 30.7. The van der Waals surface area contributed by atoms with Crippen molar-refractivity contribution in [1.82, 2.24) is 5.06 Å². The SMILES string of the molecule is CN(O)C(=O)CCCc1cc(-c2ccc(Cl)cc2)c(-c2ccccc2S(C)(=O)=O)o1. The Hall–Kier alpha value is -2.61. The summed E-state index contributed by atoms with van der Waals surface area (Å²) in [6.45, 7) is 0. The number of furan rings is 1. The van der Waals surface area contributed by atoms with Crippen molar-refractivity contribution in [2.75, 3.05) is 13.3 Å². The van der Waals surface area contributed by atoms with Gasteiger partial charge in [-0.2, -0.15) is 0 Å². The highest BCUT2D eigenvalue weighted by Crippen LogP contribution is 2.38. The van der Waals surface area contributed by atoms with Gasteiger partial charge in [0.1, 0.15) is 11.5 Å². The third-order valence-corrected chi connectivity index (χ3v) is 6.05. The molecule has 0 radical (unpaired) electrons. The second-order valence-electron chi connectivity index (χ2n) is 7.00. The van der Waals surface area contributed by atoms with Crippen LogP contribution in [0.15, 0.2) is 63.9 Å². The Labute approximate surface area is 180 Å². The molecule has 0 aliphatic heterocycles. The van der Waals surface area contributed by atoms with Gasteiger partial charge in [-0.1, -0.05) is 35.9 Å². The number of aryl methyl sites for hydroxylation is 1. The number of sulfone groups is 1. The van der Waals surface area contributed by atoms with Gasteiger partial charge in [0.05, 0.1) is 4.90 Å². The third kappa shape index (κ3) is 5.11. The van der Waals surface area contributed by atoms with Crippen molar-refractivity contribution in [2.45, 2.75) is 24.2 Å². The summed E-state index contributed by atoms with van der Waals surface area (Å²) in [6, 6.07) is 15.7. The van der Waals surface area contributed by atoms with Crippen LogP contribution in [0.2, 0.25) is 5.02 Å². The van der Waals surface area contributed by atoms with Gasteiger partial charge in [0, 0.05) is 42.3 Å². The summed E-state index contributed by atoms with van der Waals surface area (Å²) >= 11 is 6.01. The highest BCUT2D eigenvalue weighted by Gasteiger charge is 2.21. The molecule has 0 aliphatic rings. The molecule has 6 nitrogen and oxygen atoms in total. The Balaban J connectivity index is 2.04. The maximum atomic E-state index is 12.3. The van der Waals surface area contributed by atoms with Crippen molar-refractivity contribution < 1.29 is 22.8 Å². The number of carbonyl (C=O) groups excluding carboxylic acids is 1. The molecule has 0 saturated carbocycles. The quantitative estimate of drug-likeness (QED) is 0.413. The summed E-state index contributed by atoms with van der Waals surface area (Å²) in [5.74, 6) is 0.674. The fourth-order valence-corrected chi connectivity index (χ4v) is 4.17. The lowest BCUT2D eigenvalue weighted by Gasteiger charge is -2.08. The fourth-order valence-electron chi connectivity index (χ4n) is 3.16. The third-order valence-electron chi connectivity index (χ3n) is 4.64. The topological polar surface area (TPSA) is 87.8 Å². The van der Waals surface area contributed by atoms with E-state index < -0.39 is 9.84 Å². The number of hydroxylamine groups is 2. The van der Waals surface area contributed by atoms with Crippen LogP contribution in [0.4, 0.5) is 0 Å². The van der Waals surface area contributed by atoms with Crippen molar-refractivity contribution in [3.8, 4) is 22.5 Å². The molecule has 3 rings (SSSR count). The van der Waals surface area contributed by atoms with Crippen molar-refractivity contribution in [1.29, 1.82) is 0 Å². The largest absolute Gasteiger partial charge is 0.460 e. The van der Waals surface area contributed by atoms with E-state index in [1.54, 1.807) is 36.4 Å². The predicted molar refractivity (Wildman–Crippen MR) is 115 cm³/mol. The van der Waals surface area contributed by atoms with Crippen molar-refractivity contribution in [2.24, 2.45) is 0 Å². The number of hydrogen-bond acceptors (Lipinski definition) is 5. The number of carbonyl (C=O) groups is 1. The van der Waals surface area contributed by atoms with Crippen LogP contribution < -0.4 is 0 Å². The molecule has 0 unspecified atom stereocenters. The number of rotatable bonds is 7. The second-order valence-corrected chi connectivity index (χ2v) is 9.42. The van der Waals surface area contributed by atoms with Crippen LogP contribution in [0.3, 0.4) is 0 Å². The maximum absolute atomic E-state index is 12.3.